The highest BCUT2D eigenvalue weighted by Crippen LogP contribution is 2.18. The van der Waals surface area contributed by atoms with Crippen LogP contribution in [-0.2, 0) is 12.8 Å². The molecule has 32 heavy (non-hydrogen) atoms. The van der Waals surface area contributed by atoms with Crippen molar-refractivity contribution in [1.29, 1.82) is 0 Å². The molecular weight excluding hydrogens is 579 g/mol. The van der Waals surface area contributed by atoms with Gasteiger partial charge in [0.15, 0.2) is 0 Å². The standard InChI is InChI=1S/C9H11BrO.C9H11IO.C8H18N2/c2*10-9-6-2-1-4-8(9)5-3-7-11;1-9-7-5-3-4-6-8(7)10-2/h2*1-2,4,6,11H,3,5,7H2;7-10H,3-6H2,1-2H3/t;;7-,8-/m..1/s1. The lowest BCUT2D eigenvalue weighted by molar-refractivity contribution is 0.288. The van der Waals surface area contributed by atoms with Crippen LogP contribution in [0.25, 0.3) is 0 Å². The largest absolute Gasteiger partial charge is 0.396 e. The van der Waals surface area contributed by atoms with Gasteiger partial charge in [-0.25, -0.2) is 0 Å². The molecule has 6 heteroatoms. The summed E-state index contributed by atoms with van der Waals surface area (Å²) in [6.45, 7) is 0.548. The van der Waals surface area contributed by atoms with Crippen LogP contribution in [0, 0.1) is 3.57 Å². The molecule has 0 unspecified atom stereocenters. The predicted molar refractivity (Wildman–Crippen MR) is 148 cm³/mol. The maximum atomic E-state index is 8.62. The van der Waals surface area contributed by atoms with Crippen LogP contribution in [0.1, 0.15) is 49.7 Å². The molecule has 0 saturated heterocycles. The molecule has 0 bridgehead atoms. The Kier molecular flexibility index (Phi) is 17.4. The van der Waals surface area contributed by atoms with E-state index >= 15 is 0 Å². The number of nitrogens with one attached hydrogen (secondary N) is 2. The van der Waals surface area contributed by atoms with Crippen LogP contribution < -0.4 is 10.6 Å². The van der Waals surface area contributed by atoms with Crippen LogP contribution in [0.4, 0.5) is 0 Å². The molecule has 1 aliphatic rings. The number of rotatable bonds is 8. The first-order valence-corrected chi connectivity index (χ1v) is 13.5. The summed E-state index contributed by atoms with van der Waals surface area (Å²) in [7, 11) is 4.11. The van der Waals surface area contributed by atoms with Gasteiger partial charge in [0.2, 0.25) is 0 Å². The first-order valence-electron chi connectivity index (χ1n) is 11.6. The first kappa shape index (κ1) is 29.5. The molecule has 0 amide bonds. The number of halogens is 2. The normalized spacial score (nSPS) is 17.6. The SMILES string of the molecule is CN[C@@H]1CCCC[C@H]1NC.OCCCc1ccccc1Br.OCCCc1ccccc1I. The van der Waals surface area contributed by atoms with Gasteiger partial charge in [0.05, 0.1) is 0 Å². The van der Waals surface area contributed by atoms with Gasteiger partial charge in [-0.2, -0.15) is 0 Å². The Morgan fingerprint density at radius 1 is 0.812 bits per heavy atom. The number of benzene rings is 2. The Labute approximate surface area is 216 Å². The Morgan fingerprint density at radius 2 is 1.28 bits per heavy atom. The summed E-state index contributed by atoms with van der Waals surface area (Å²) in [6, 6.07) is 17.8. The van der Waals surface area contributed by atoms with Crippen LogP contribution >= 0.6 is 38.5 Å². The van der Waals surface area contributed by atoms with E-state index in [-0.39, 0.29) is 13.2 Å². The zero-order valence-corrected chi connectivity index (χ0v) is 23.2. The summed E-state index contributed by atoms with van der Waals surface area (Å²) in [6.07, 6.45) is 9.08. The summed E-state index contributed by atoms with van der Waals surface area (Å²) in [4.78, 5) is 0. The van der Waals surface area contributed by atoms with Gasteiger partial charge in [-0.05, 0) is 98.5 Å². The van der Waals surface area contributed by atoms with E-state index in [0.717, 1.165) is 30.2 Å². The molecule has 4 N–H and O–H groups in total. The number of hydrogen-bond donors (Lipinski definition) is 4. The zero-order chi connectivity index (χ0) is 23.6. The Hall–Kier alpha value is -0.510. The number of aliphatic hydroxyl groups excluding tert-OH is 2. The van der Waals surface area contributed by atoms with E-state index in [4.69, 9.17) is 10.2 Å². The minimum Gasteiger partial charge on any atom is -0.396 e. The number of aryl methyl sites for hydroxylation is 2. The van der Waals surface area contributed by atoms with E-state index < -0.39 is 0 Å². The Bertz CT molecular complexity index is 671. The molecule has 2 atom stereocenters. The monoisotopic (exact) mass is 618 g/mol. The van der Waals surface area contributed by atoms with E-state index in [1.54, 1.807) is 0 Å². The minimum atomic E-state index is 0.265. The molecule has 1 fully saturated rings. The lowest BCUT2D eigenvalue weighted by Gasteiger charge is -2.30. The molecule has 2 aromatic rings. The van der Waals surface area contributed by atoms with Crippen molar-refractivity contribution in [1.82, 2.24) is 10.6 Å². The van der Waals surface area contributed by atoms with Crippen molar-refractivity contribution in [3.63, 3.8) is 0 Å². The van der Waals surface area contributed by atoms with Crippen LogP contribution in [-0.4, -0.2) is 49.6 Å². The molecule has 0 heterocycles. The zero-order valence-electron chi connectivity index (χ0n) is 19.5. The van der Waals surface area contributed by atoms with Crippen LogP contribution in [0.15, 0.2) is 53.0 Å². The van der Waals surface area contributed by atoms with Crippen molar-refractivity contribution in [3.8, 4) is 0 Å². The molecule has 3 rings (SSSR count). The highest BCUT2D eigenvalue weighted by molar-refractivity contribution is 14.1. The average molecular weight is 619 g/mol. The lowest BCUT2D eigenvalue weighted by atomic mass is 9.91. The third kappa shape index (κ3) is 12.1. The van der Waals surface area contributed by atoms with E-state index in [0.29, 0.717) is 12.1 Å². The van der Waals surface area contributed by atoms with Gasteiger partial charge in [-0.15, -0.1) is 0 Å². The summed E-state index contributed by atoms with van der Waals surface area (Å²) < 4.78 is 2.42. The fraction of sp³-hybridized carbons (Fsp3) is 0.538. The molecule has 180 valence electrons. The summed E-state index contributed by atoms with van der Waals surface area (Å²) >= 11 is 5.76. The summed E-state index contributed by atoms with van der Waals surface area (Å²) in [5.74, 6) is 0. The van der Waals surface area contributed by atoms with E-state index in [2.05, 4.69) is 81.4 Å². The molecule has 1 saturated carbocycles. The van der Waals surface area contributed by atoms with Crippen LogP contribution in [0.3, 0.4) is 0 Å². The van der Waals surface area contributed by atoms with Crippen molar-refractivity contribution < 1.29 is 10.2 Å². The molecule has 0 aromatic heterocycles. The predicted octanol–water partition coefficient (Wildman–Crippen LogP) is 5.33. The fourth-order valence-corrected chi connectivity index (χ4v) is 4.90. The number of likely N-dealkylation sites (N-methyl/N-ethyl adjacent to an activating group) is 2. The lowest BCUT2D eigenvalue weighted by Crippen LogP contribution is -2.47. The smallest absolute Gasteiger partial charge is 0.0434 e. The maximum absolute atomic E-state index is 8.62. The average Bonchev–Trinajstić information content (AvgIpc) is 2.84. The highest BCUT2D eigenvalue weighted by atomic mass is 127. The van der Waals surface area contributed by atoms with Crippen LogP contribution in [0.5, 0.6) is 0 Å². The van der Waals surface area contributed by atoms with Gasteiger partial charge in [-0.1, -0.05) is 65.2 Å². The maximum Gasteiger partial charge on any atom is 0.0434 e. The first-order chi connectivity index (χ1) is 15.6. The Balaban J connectivity index is 0.000000240. The van der Waals surface area contributed by atoms with Gasteiger partial charge >= 0.3 is 0 Å². The molecule has 0 aliphatic heterocycles. The summed E-state index contributed by atoms with van der Waals surface area (Å²) in [5.41, 5.74) is 2.60. The molecular formula is C26H40BrIN2O2. The molecule has 1 aliphatic carbocycles. The van der Waals surface area contributed by atoms with Gasteiger partial charge < -0.3 is 20.8 Å². The van der Waals surface area contributed by atoms with Gasteiger partial charge in [0.1, 0.15) is 0 Å². The van der Waals surface area contributed by atoms with Crippen molar-refractivity contribution in [2.75, 3.05) is 27.3 Å². The van der Waals surface area contributed by atoms with Gasteiger partial charge in [0.25, 0.3) is 0 Å². The molecule has 2 aromatic carbocycles. The molecule has 0 spiro atoms. The van der Waals surface area contributed by atoms with Crippen molar-refractivity contribution in [2.24, 2.45) is 0 Å². The van der Waals surface area contributed by atoms with Crippen molar-refractivity contribution in [3.05, 3.63) is 67.7 Å². The molecule has 4 nitrogen and oxygen atoms in total. The Morgan fingerprint density at radius 3 is 1.75 bits per heavy atom. The van der Waals surface area contributed by atoms with Crippen molar-refractivity contribution >= 4 is 38.5 Å². The third-order valence-corrected chi connectivity index (χ3v) is 7.46. The number of hydrogen-bond acceptors (Lipinski definition) is 4. The fourth-order valence-electron chi connectivity index (χ4n) is 3.76. The second kappa shape index (κ2) is 18.9. The third-order valence-electron chi connectivity index (χ3n) is 5.63. The van der Waals surface area contributed by atoms with E-state index in [9.17, 15) is 0 Å². The molecule has 0 radical (unpaired) electrons. The topological polar surface area (TPSA) is 64.5 Å². The summed E-state index contributed by atoms with van der Waals surface area (Å²) in [5, 5.41) is 23.9. The van der Waals surface area contributed by atoms with Gasteiger partial charge in [0, 0.05) is 33.3 Å². The van der Waals surface area contributed by atoms with Crippen molar-refractivity contribution in [2.45, 2.75) is 63.5 Å². The second-order valence-corrected chi connectivity index (χ2v) is 9.93. The quantitative estimate of drug-likeness (QED) is 0.302. The van der Waals surface area contributed by atoms with E-state index in [1.165, 1.54) is 40.4 Å². The second-order valence-electron chi connectivity index (χ2n) is 7.91. The minimum absolute atomic E-state index is 0.265. The highest BCUT2D eigenvalue weighted by Gasteiger charge is 2.21. The van der Waals surface area contributed by atoms with E-state index in [1.807, 2.05) is 30.3 Å². The van der Waals surface area contributed by atoms with Crippen LogP contribution in [0.2, 0.25) is 0 Å². The van der Waals surface area contributed by atoms with Gasteiger partial charge in [-0.3, -0.25) is 0 Å². The number of aliphatic hydroxyl groups is 2.